The lowest BCUT2D eigenvalue weighted by Crippen LogP contribution is -2.44. The summed E-state index contributed by atoms with van der Waals surface area (Å²) in [5, 5.41) is 3.29. The van der Waals surface area contributed by atoms with Crippen LogP contribution < -0.4 is 5.32 Å². The van der Waals surface area contributed by atoms with Crippen LogP contribution in [0.1, 0.15) is 52.0 Å². The second kappa shape index (κ2) is 7.86. The van der Waals surface area contributed by atoms with Crippen LogP contribution in [0.3, 0.4) is 0 Å². The fourth-order valence-corrected chi connectivity index (χ4v) is 4.30. The smallest absolute Gasteiger partial charge is 0.223 e. The number of aromatic nitrogens is 1. The monoisotopic (exact) mass is 344 g/mol. The van der Waals surface area contributed by atoms with Crippen molar-refractivity contribution in [1.29, 1.82) is 0 Å². The summed E-state index contributed by atoms with van der Waals surface area (Å²) < 4.78 is 5.66. The molecule has 1 saturated carbocycles. The number of carbonyl (C=O) groups excluding carboxylic acids is 1. The number of hydrogen-bond donors (Lipinski definition) is 1. The highest BCUT2D eigenvalue weighted by molar-refractivity contribution is 5.79. The lowest BCUT2D eigenvalue weighted by Gasteiger charge is -2.36. The third kappa shape index (κ3) is 4.81. The largest absolute Gasteiger partial charge is 0.379 e. The molecule has 1 aromatic rings. The average Bonchev–Trinajstić information content (AvgIpc) is 3.02. The average molecular weight is 344 g/mol. The molecule has 4 heteroatoms. The van der Waals surface area contributed by atoms with Crippen molar-refractivity contribution >= 4 is 5.91 Å². The molecule has 1 amide bonds. The van der Waals surface area contributed by atoms with E-state index in [0.717, 1.165) is 31.8 Å². The molecule has 4 nitrogen and oxygen atoms in total. The van der Waals surface area contributed by atoms with E-state index < -0.39 is 0 Å². The van der Waals surface area contributed by atoms with Crippen LogP contribution in [-0.4, -0.2) is 30.1 Å². The van der Waals surface area contributed by atoms with Crippen molar-refractivity contribution in [3.63, 3.8) is 0 Å². The first-order chi connectivity index (χ1) is 11.9. The number of nitrogens with zero attached hydrogens (tertiary/aromatic N) is 1. The summed E-state index contributed by atoms with van der Waals surface area (Å²) in [5.41, 5.74) is 1.62. The van der Waals surface area contributed by atoms with E-state index in [0.29, 0.717) is 17.9 Å². The van der Waals surface area contributed by atoms with Gasteiger partial charge in [0.05, 0.1) is 19.3 Å². The molecule has 25 heavy (non-hydrogen) atoms. The topological polar surface area (TPSA) is 51.2 Å². The molecule has 1 aliphatic heterocycles. The van der Waals surface area contributed by atoms with Crippen LogP contribution in [0.5, 0.6) is 0 Å². The number of rotatable bonds is 4. The third-order valence-corrected chi connectivity index (χ3v) is 6.10. The summed E-state index contributed by atoms with van der Waals surface area (Å²) in [7, 11) is 0. The van der Waals surface area contributed by atoms with Crippen molar-refractivity contribution in [2.45, 2.75) is 58.9 Å². The molecule has 3 rings (SSSR count). The number of pyridine rings is 1. The minimum absolute atomic E-state index is 0.140. The SMILES string of the molecule is CC(C)(C)C1CCC(C(=O)N[C@@H]2COC[C@H]2Cc2ccncc2)CC1. The number of carbonyl (C=O) groups is 1. The maximum atomic E-state index is 12.7. The van der Waals surface area contributed by atoms with Gasteiger partial charge in [-0.25, -0.2) is 0 Å². The molecule has 138 valence electrons. The van der Waals surface area contributed by atoms with Crippen molar-refractivity contribution in [2.24, 2.45) is 23.2 Å². The first-order valence-electron chi connectivity index (χ1n) is 9.70. The van der Waals surface area contributed by atoms with Crippen LogP contribution in [0.4, 0.5) is 0 Å². The zero-order valence-corrected chi connectivity index (χ0v) is 15.8. The van der Waals surface area contributed by atoms with E-state index in [2.05, 4.69) is 31.1 Å². The highest BCUT2D eigenvalue weighted by Crippen LogP contribution is 2.39. The molecule has 1 saturated heterocycles. The first kappa shape index (κ1) is 18.4. The fourth-order valence-electron chi connectivity index (χ4n) is 4.30. The number of ether oxygens (including phenoxy) is 1. The van der Waals surface area contributed by atoms with Gasteiger partial charge in [-0.15, -0.1) is 0 Å². The zero-order chi connectivity index (χ0) is 17.9. The molecule has 0 radical (unpaired) electrons. The number of amides is 1. The quantitative estimate of drug-likeness (QED) is 0.908. The van der Waals surface area contributed by atoms with E-state index in [-0.39, 0.29) is 17.9 Å². The summed E-state index contributed by atoms with van der Waals surface area (Å²) in [6.07, 6.45) is 8.97. The molecular formula is C21H32N2O2. The fraction of sp³-hybridized carbons (Fsp3) is 0.714. The molecule has 2 atom stereocenters. The Morgan fingerprint density at radius 3 is 2.48 bits per heavy atom. The maximum Gasteiger partial charge on any atom is 0.223 e. The number of hydrogen-bond acceptors (Lipinski definition) is 3. The highest BCUT2D eigenvalue weighted by Gasteiger charge is 2.35. The lowest BCUT2D eigenvalue weighted by atomic mass is 9.69. The van der Waals surface area contributed by atoms with Gasteiger partial charge in [0.15, 0.2) is 0 Å². The van der Waals surface area contributed by atoms with Gasteiger partial charge in [0.2, 0.25) is 5.91 Å². The Kier molecular flexibility index (Phi) is 5.78. The third-order valence-electron chi connectivity index (χ3n) is 6.10. The molecule has 1 aromatic heterocycles. The van der Waals surface area contributed by atoms with Gasteiger partial charge in [0.1, 0.15) is 0 Å². The van der Waals surface area contributed by atoms with E-state index in [1.165, 1.54) is 18.4 Å². The number of nitrogens with one attached hydrogen (secondary N) is 1. The highest BCUT2D eigenvalue weighted by atomic mass is 16.5. The van der Waals surface area contributed by atoms with Gasteiger partial charge in [0.25, 0.3) is 0 Å². The predicted octanol–water partition coefficient (Wildman–Crippen LogP) is 3.61. The van der Waals surface area contributed by atoms with Gasteiger partial charge in [0, 0.05) is 24.2 Å². The summed E-state index contributed by atoms with van der Waals surface area (Å²) in [5.74, 6) is 1.52. The molecule has 0 unspecified atom stereocenters. The Morgan fingerprint density at radius 2 is 1.84 bits per heavy atom. The summed E-state index contributed by atoms with van der Waals surface area (Å²) in [6, 6.07) is 4.23. The van der Waals surface area contributed by atoms with Crippen LogP contribution in [0, 0.1) is 23.2 Å². The Balaban J connectivity index is 1.50. The standard InChI is InChI=1S/C21H32N2O2/c1-21(2,3)18-6-4-16(5-7-18)20(24)23-19-14-25-13-17(19)12-15-8-10-22-11-9-15/h8-11,16-19H,4-7,12-14H2,1-3H3,(H,23,24)/t16?,17-,18?,19-/m1/s1. The molecule has 2 aliphatic rings. The summed E-state index contributed by atoms with van der Waals surface area (Å²) >= 11 is 0. The van der Waals surface area contributed by atoms with Crippen LogP contribution in [0.15, 0.2) is 24.5 Å². The first-order valence-corrected chi connectivity index (χ1v) is 9.70. The van der Waals surface area contributed by atoms with E-state index in [1.807, 2.05) is 24.5 Å². The summed E-state index contributed by atoms with van der Waals surface area (Å²) in [4.78, 5) is 16.8. The molecule has 0 spiro atoms. The van der Waals surface area contributed by atoms with Crippen LogP contribution >= 0.6 is 0 Å². The Labute approximate surface area is 151 Å². The van der Waals surface area contributed by atoms with Crippen LogP contribution in [0.2, 0.25) is 0 Å². The second-order valence-corrected chi connectivity index (χ2v) is 8.89. The molecule has 2 fully saturated rings. The van der Waals surface area contributed by atoms with Crippen LogP contribution in [-0.2, 0) is 16.0 Å². The Bertz CT molecular complexity index is 559. The molecule has 1 aliphatic carbocycles. The van der Waals surface area contributed by atoms with Crippen molar-refractivity contribution in [1.82, 2.24) is 10.3 Å². The van der Waals surface area contributed by atoms with E-state index in [1.54, 1.807) is 0 Å². The maximum absolute atomic E-state index is 12.7. The van der Waals surface area contributed by atoms with E-state index in [9.17, 15) is 4.79 Å². The van der Waals surface area contributed by atoms with E-state index >= 15 is 0 Å². The van der Waals surface area contributed by atoms with E-state index in [4.69, 9.17) is 4.74 Å². The summed E-state index contributed by atoms with van der Waals surface area (Å²) in [6.45, 7) is 8.32. The minimum Gasteiger partial charge on any atom is -0.379 e. The van der Waals surface area contributed by atoms with Crippen molar-refractivity contribution < 1.29 is 9.53 Å². The molecular weight excluding hydrogens is 312 g/mol. The van der Waals surface area contributed by atoms with Gasteiger partial charge >= 0.3 is 0 Å². The van der Waals surface area contributed by atoms with Gasteiger partial charge in [-0.3, -0.25) is 9.78 Å². The molecule has 2 heterocycles. The van der Waals surface area contributed by atoms with Gasteiger partial charge in [-0.05, 0) is 61.1 Å². The van der Waals surface area contributed by atoms with Crippen molar-refractivity contribution in [2.75, 3.05) is 13.2 Å². The minimum atomic E-state index is 0.140. The molecule has 0 aromatic carbocycles. The lowest BCUT2D eigenvalue weighted by molar-refractivity contribution is -0.127. The van der Waals surface area contributed by atoms with Gasteiger partial charge in [-0.1, -0.05) is 20.8 Å². The van der Waals surface area contributed by atoms with Crippen molar-refractivity contribution in [3.8, 4) is 0 Å². The van der Waals surface area contributed by atoms with Crippen LogP contribution in [0.25, 0.3) is 0 Å². The van der Waals surface area contributed by atoms with Crippen molar-refractivity contribution in [3.05, 3.63) is 30.1 Å². The van der Waals surface area contributed by atoms with Gasteiger partial charge in [-0.2, -0.15) is 0 Å². The predicted molar refractivity (Wildman–Crippen MR) is 99.1 cm³/mol. The molecule has 1 N–H and O–H groups in total. The molecule has 0 bridgehead atoms. The van der Waals surface area contributed by atoms with Gasteiger partial charge < -0.3 is 10.1 Å². The second-order valence-electron chi connectivity index (χ2n) is 8.89. The Morgan fingerprint density at radius 1 is 1.16 bits per heavy atom. The normalized spacial score (nSPS) is 30.2. The zero-order valence-electron chi connectivity index (χ0n) is 15.8. The Hall–Kier alpha value is -1.42.